The third-order valence-corrected chi connectivity index (χ3v) is 1.30. The van der Waals surface area contributed by atoms with E-state index in [1.54, 1.807) is 0 Å². The second-order valence-electron chi connectivity index (χ2n) is 2.35. The molecular weight excluding hydrogens is 158 g/mol. The zero-order valence-corrected chi connectivity index (χ0v) is 6.88. The van der Waals surface area contributed by atoms with Crippen LogP contribution in [0, 0.1) is 0 Å². The molecule has 0 rings (SSSR count). The van der Waals surface area contributed by atoms with Gasteiger partial charge in [0.05, 0.1) is 0 Å². The van der Waals surface area contributed by atoms with Crippen molar-refractivity contribution in [3.63, 3.8) is 0 Å². The largest absolute Gasteiger partial charge is 0.481 e. The maximum Gasteiger partial charge on any atom is 0.303 e. The lowest BCUT2D eigenvalue weighted by atomic mass is 10.2. The lowest BCUT2D eigenvalue weighted by Crippen LogP contribution is -2.21. The first-order valence-electron chi connectivity index (χ1n) is 3.79. The molecule has 0 aromatic rings. The molecule has 0 heterocycles. The van der Waals surface area contributed by atoms with Crippen LogP contribution in [0.15, 0.2) is 12.7 Å². The summed E-state index contributed by atoms with van der Waals surface area (Å²) in [4.78, 5) is 20.6. The van der Waals surface area contributed by atoms with Gasteiger partial charge in [-0.3, -0.25) is 9.59 Å². The van der Waals surface area contributed by atoms with Gasteiger partial charge in [-0.2, -0.15) is 0 Å². The first-order valence-corrected chi connectivity index (χ1v) is 3.79. The monoisotopic (exact) mass is 171 g/mol. The molecule has 68 valence electrons. The van der Waals surface area contributed by atoms with Gasteiger partial charge < -0.3 is 10.4 Å². The molecule has 0 aromatic heterocycles. The van der Waals surface area contributed by atoms with Gasteiger partial charge in [0.2, 0.25) is 5.91 Å². The van der Waals surface area contributed by atoms with Gasteiger partial charge in [-0.1, -0.05) is 6.58 Å². The number of carbonyl (C=O) groups is 2. The standard InChI is InChI=1S/C8H13NO3/c1-2-7(10)9-6-4-3-5-8(11)12/h2H,1,3-6H2,(H,9,10)(H,11,12). The third kappa shape index (κ3) is 6.80. The van der Waals surface area contributed by atoms with Gasteiger partial charge in [0.1, 0.15) is 0 Å². The van der Waals surface area contributed by atoms with Crippen LogP contribution >= 0.6 is 0 Å². The first kappa shape index (κ1) is 10.7. The number of carbonyl (C=O) groups excluding carboxylic acids is 1. The molecule has 4 heteroatoms. The van der Waals surface area contributed by atoms with Gasteiger partial charge in [0.15, 0.2) is 0 Å². The number of nitrogens with one attached hydrogen (secondary N) is 1. The van der Waals surface area contributed by atoms with Crippen molar-refractivity contribution < 1.29 is 14.7 Å². The zero-order chi connectivity index (χ0) is 9.40. The van der Waals surface area contributed by atoms with Crippen molar-refractivity contribution in [1.29, 1.82) is 0 Å². The predicted octanol–water partition coefficient (Wildman–Crippen LogP) is 0.544. The Morgan fingerprint density at radius 3 is 2.58 bits per heavy atom. The Balaban J connectivity index is 3.16. The second kappa shape index (κ2) is 6.39. The first-order chi connectivity index (χ1) is 5.66. The van der Waals surface area contributed by atoms with Crippen molar-refractivity contribution in [2.75, 3.05) is 6.54 Å². The van der Waals surface area contributed by atoms with Gasteiger partial charge in [-0.05, 0) is 18.9 Å². The minimum absolute atomic E-state index is 0.157. The fourth-order valence-corrected chi connectivity index (χ4v) is 0.685. The van der Waals surface area contributed by atoms with E-state index < -0.39 is 5.97 Å². The van der Waals surface area contributed by atoms with Crippen LogP contribution in [0.1, 0.15) is 19.3 Å². The fourth-order valence-electron chi connectivity index (χ4n) is 0.685. The lowest BCUT2D eigenvalue weighted by molar-refractivity contribution is -0.137. The minimum atomic E-state index is -0.801. The highest BCUT2D eigenvalue weighted by Crippen LogP contribution is 1.92. The van der Waals surface area contributed by atoms with Gasteiger partial charge in [0, 0.05) is 13.0 Å². The molecule has 2 N–H and O–H groups in total. The smallest absolute Gasteiger partial charge is 0.303 e. The highest BCUT2D eigenvalue weighted by atomic mass is 16.4. The van der Waals surface area contributed by atoms with E-state index in [-0.39, 0.29) is 12.3 Å². The van der Waals surface area contributed by atoms with Gasteiger partial charge in [-0.15, -0.1) is 0 Å². The molecule has 0 radical (unpaired) electrons. The summed E-state index contributed by atoms with van der Waals surface area (Å²) >= 11 is 0. The van der Waals surface area contributed by atoms with Crippen LogP contribution < -0.4 is 5.32 Å². The summed E-state index contributed by atoms with van der Waals surface area (Å²) in [7, 11) is 0. The van der Waals surface area contributed by atoms with Crippen LogP contribution in [-0.4, -0.2) is 23.5 Å². The van der Waals surface area contributed by atoms with E-state index in [4.69, 9.17) is 5.11 Å². The summed E-state index contributed by atoms with van der Waals surface area (Å²) in [6.07, 6.45) is 2.62. The van der Waals surface area contributed by atoms with E-state index in [9.17, 15) is 9.59 Å². The van der Waals surface area contributed by atoms with Crippen molar-refractivity contribution in [2.24, 2.45) is 0 Å². The predicted molar refractivity (Wildman–Crippen MR) is 44.7 cm³/mol. The zero-order valence-electron chi connectivity index (χ0n) is 6.88. The number of amides is 1. The summed E-state index contributed by atoms with van der Waals surface area (Å²) in [5.74, 6) is -1.02. The topological polar surface area (TPSA) is 66.4 Å². The fraction of sp³-hybridized carbons (Fsp3) is 0.500. The summed E-state index contributed by atoms with van der Waals surface area (Å²) in [6.45, 7) is 3.79. The summed E-state index contributed by atoms with van der Waals surface area (Å²) < 4.78 is 0. The molecule has 0 bridgehead atoms. The van der Waals surface area contributed by atoms with Gasteiger partial charge in [-0.25, -0.2) is 0 Å². The van der Waals surface area contributed by atoms with Crippen LogP contribution in [0.5, 0.6) is 0 Å². The Morgan fingerprint density at radius 2 is 2.08 bits per heavy atom. The molecule has 0 aliphatic rings. The molecule has 1 amide bonds. The molecule has 12 heavy (non-hydrogen) atoms. The number of hydrogen-bond acceptors (Lipinski definition) is 2. The Morgan fingerprint density at radius 1 is 1.42 bits per heavy atom. The average Bonchev–Trinajstić information content (AvgIpc) is 2.03. The number of hydrogen-bond donors (Lipinski definition) is 2. The molecule has 0 spiro atoms. The maximum atomic E-state index is 10.6. The van der Waals surface area contributed by atoms with Crippen LogP contribution in [0.2, 0.25) is 0 Å². The van der Waals surface area contributed by atoms with Crippen molar-refractivity contribution in [1.82, 2.24) is 5.32 Å². The van der Waals surface area contributed by atoms with E-state index in [1.165, 1.54) is 6.08 Å². The summed E-state index contributed by atoms with van der Waals surface area (Å²) in [6, 6.07) is 0. The molecule has 0 fully saturated rings. The molecule has 0 aliphatic heterocycles. The Bertz CT molecular complexity index is 177. The van der Waals surface area contributed by atoms with Crippen LogP contribution in [0.3, 0.4) is 0 Å². The van der Waals surface area contributed by atoms with Crippen molar-refractivity contribution in [3.05, 3.63) is 12.7 Å². The van der Waals surface area contributed by atoms with Crippen LogP contribution in [-0.2, 0) is 9.59 Å². The van der Waals surface area contributed by atoms with Gasteiger partial charge in [0.25, 0.3) is 0 Å². The number of aliphatic carboxylic acids is 1. The molecular formula is C8H13NO3. The van der Waals surface area contributed by atoms with E-state index in [2.05, 4.69) is 11.9 Å². The Hall–Kier alpha value is -1.32. The number of unbranched alkanes of at least 4 members (excludes halogenated alkanes) is 1. The highest BCUT2D eigenvalue weighted by molar-refractivity contribution is 5.86. The molecule has 0 saturated heterocycles. The number of rotatable bonds is 6. The van der Waals surface area contributed by atoms with Crippen LogP contribution in [0.25, 0.3) is 0 Å². The number of carboxylic acid groups (broad SMARTS) is 1. The quantitative estimate of drug-likeness (QED) is 0.453. The van der Waals surface area contributed by atoms with E-state index in [0.29, 0.717) is 19.4 Å². The molecule has 0 aliphatic carbocycles. The van der Waals surface area contributed by atoms with Gasteiger partial charge >= 0.3 is 5.97 Å². The van der Waals surface area contributed by atoms with Crippen molar-refractivity contribution in [3.8, 4) is 0 Å². The molecule has 0 atom stereocenters. The lowest BCUT2D eigenvalue weighted by Gasteiger charge is -1.99. The molecule has 0 saturated carbocycles. The van der Waals surface area contributed by atoms with E-state index >= 15 is 0 Å². The Kier molecular flexibility index (Phi) is 5.69. The average molecular weight is 171 g/mol. The van der Waals surface area contributed by atoms with Crippen molar-refractivity contribution >= 4 is 11.9 Å². The third-order valence-electron chi connectivity index (χ3n) is 1.30. The SMILES string of the molecule is C=CC(=O)NCCCCC(=O)O. The molecule has 0 unspecified atom stereocenters. The van der Waals surface area contributed by atoms with E-state index in [1.807, 2.05) is 0 Å². The Labute approximate surface area is 71.3 Å². The second-order valence-corrected chi connectivity index (χ2v) is 2.35. The summed E-state index contributed by atoms with van der Waals surface area (Å²) in [5, 5.41) is 10.8. The maximum absolute atomic E-state index is 10.6. The normalized spacial score (nSPS) is 9.00. The molecule has 0 aromatic carbocycles. The minimum Gasteiger partial charge on any atom is -0.481 e. The summed E-state index contributed by atoms with van der Waals surface area (Å²) in [5.41, 5.74) is 0. The molecule has 4 nitrogen and oxygen atoms in total. The number of carboxylic acids is 1. The van der Waals surface area contributed by atoms with Crippen LogP contribution in [0.4, 0.5) is 0 Å². The van der Waals surface area contributed by atoms with E-state index in [0.717, 1.165) is 0 Å². The van der Waals surface area contributed by atoms with Crippen molar-refractivity contribution in [2.45, 2.75) is 19.3 Å². The highest BCUT2D eigenvalue weighted by Gasteiger charge is 1.96.